The van der Waals surface area contributed by atoms with E-state index in [2.05, 4.69) is 87.5 Å². The Balaban J connectivity index is 1.91. The van der Waals surface area contributed by atoms with Crippen LogP contribution in [0.3, 0.4) is 0 Å². The van der Waals surface area contributed by atoms with Crippen molar-refractivity contribution in [2.45, 2.75) is 64.0 Å². The first-order chi connectivity index (χ1) is 14.3. The van der Waals surface area contributed by atoms with Gasteiger partial charge in [0.25, 0.3) is 8.32 Å². The van der Waals surface area contributed by atoms with E-state index in [-0.39, 0.29) is 5.04 Å². The zero-order valence-electron chi connectivity index (χ0n) is 18.9. The molecule has 0 aliphatic heterocycles. The average Bonchev–Trinajstić information content (AvgIpc) is 2.75. The van der Waals surface area contributed by atoms with E-state index in [1.165, 1.54) is 16.8 Å². The first-order valence-electron chi connectivity index (χ1n) is 11.1. The van der Waals surface area contributed by atoms with Crippen LogP contribution in [0.5, 0.6) is 0 Å². The monoisotopic (exact) mass is 420 g/mol. The van der Waals surface area contributed by atoms with Gasteiger partial charge in [-0.2, -0.15) is 0 Å². The first-order valence-corrected chi connectivity index (χ1v) is 13.0. The smallest absolute Gasteiger partial charge is 0.261 e. The molecule has 2 aromatic carbocycles. The Morgan fingerprint density at radius 2 is 1.47 bits per heavy atom. The zero-order valence-corrected chi connectivity index (χ0v) is 19.9. The lowest BCUT2D eigenvalue weighted by molar-refractivity contribution is 0.143. The van der Waals surface area contributed by atoms with Crippen LogP contribution in [-0.4, -0.2) is 25.6 Å². The second-order valence-electron chi connectivity index (χ2n) is 9.50. The molecule has 0 spiro atoms. The molecule has 0 bridgehead atoms. The second-order valence-corrected chi connectivity index (χ2v) is 13.8. The molecular weight excluding hydrogens is 384 g/mol. The molecular formula is C27H36O2Si. The summed E-state index contributed by atoms with van der Waals surface area (Å²) in [7, 11) is -2.53. The van der Waals surface area contributed by atoms with E-state index < -0.39 is 13.9 Å². The minimum atomic E-state index is -2.53. The van der Waals surface area contributed by atoms with Gasteiger partial charge in [0.15, 0.2) is 0 Å². The maximum Gasteiger partial charge on any atom is 0.261 e. The normalized spacial score (nSPS) is 17.6. The standard InChI is InChI=1S/C27H36O2Si/c1-26(2,3)30(24-17-10-6-11-18-24,25-19-12-7-13-20-25)29-22-14-21-27(4,28)23-15-8-5-9-16-23/h6-7,10-15,17-21,28H,5,8-9,16,22H2,1-4H3/b21-14+/t27-/m0/s1. The fraction of sp³-hybridized carbons (Fsp3) is 0.407. The van der Waals surface area contributed by atoms with Gasteiger partial charge in [-0.3, -0.25) is 0 Å². The number of rotatable bonds is 7. The molecule has 0 unspecified atom stereocenters. The van der Waals surface area contributed by atoms with Gasteiger partial charge in [0.2, 0.25) is 0 Å². The summed E-state index contributed by atoms with van der Waals surface area (Å²) in [5, 5.41) is 13.5. The first kappa shape index (κ1) is 22.7. The molecule has 0 saturated heterocycles. The molecule has 0 amide bonds. The van der Waals surface area contributed by atoms with Crippen molar-refractivity contribution in [1.29, 1.82) is 0 Å². The van der Waals surface area contributed by atoms with Crippen molar-refractivity contribution < 1.29 is 9.53 Å². The van der Waals surface area contributed by atoms with Crippen LogP contribution in [0.1, 0.15) is 53.4 Å². The van der Waals surface area contributed by atoms with Gasteiger partial charge in [-0.15, -0.1) is 0 Å². The number of hydrogen-bond donors (Lipinski definition) is 1. The van der Waals surface area contributed by atoms with Crippen molar-refractivity contribution in [1.82, 2.24) is 0 Å². The highest BCUT2D eigenvalue weighted by Gasteiger charge is 2.49. The number of allylic oxidation sites excluding steroid dienone is 1. The van der Waals surface area contributed by atoms with Gasteiger partial charge < -0.3 is 9.53 Å². The van der Waals surface area contributed by atoms with Gasteiger partial charge in [-0.05, 0) is 53.6 Å². The summed E-state index contributed by atoms with van der Waals surface area (Å²) in [5.74, 6) is 0. The summed E-state index contributed by atoms with van der Waals surface area (Å²) < 4.78 is 6.87. The molecule has 0 saturated carbocycles. The van der Waals surface area contributed by atoms with Crippen molar-refractivity contribution in [3.05, 3.63) is 84.5 Å². The highest BCUT2D eigenvalue weighted by Crippen LogP contribution is 2.36. The molecule has 0 heterocycles. The summed E-state index contributed by atoms with van der Waals surface area (Å²) in [6.07, 6.45) is 10.6. The van der Waals surface area contributed by atoms with E-state index in [1.54, 1.807) is 0 Å². The van der Waals surface area contributed by atoms with Crippen LogP contribution in [0.15, 0.2) is 84.5 Å². The molecule has 0 aromatic heterocycles. The molecule has 160 valence electrons. The van der Waals surface area contributed by atoms with Gasteiger partial charge in [-0.1, -0.05) is 99.7 Å². The third-order valence-electron chi connectivity index (χ3n) is 6.20. The van der Waals surface area contributed by atoms with Gasteiger partial charge in [0.1, 0.15) is 5.60 Å². The van der Waals surface area contributed by atoms with E-state index in [0.29, 0.717) is 6.61 Å². The quantitative estimate of drug-likeness (QED) is 0.482. The molecule has 2 aromatic rings. The lowest BCUT2D eigenvalue weighted by atomic mass is 9.86. The van der Waals surface area contributed by atoms with Gasteiger partial charge in [-0.25, -0.2) is 0 Å². The Labute approximate surface area is 183 Å². The Morgan fingerprint density at radius 1 is 0.900 bits per heavy atom. The molecule has 30 heavy (non-hydrogen) atoms. The van der Waals surface area contributed by atoms with Crippen molar-refractivity contribution in [3.63, 3.8) is 0 Å². The van der Waals surface area contributed by atoms with E-state index in [9.17, 15) is 5.11 Å². The summed E-state index contributed by atoms with van der Waals surface area (Å²) in [6.45, 7) is 9.23. The van der Waals surface area contributed by atoms with E-state index in [1.807, 2.05) is 19.1 Å². The molecule has 0 fully saturated rings. The van der Waals surface area contributed by atoms with Crippen LogP contribution in [0.25, 0.3) is 0 Å². The molecule has 2 nitrogen and oxygen atoms in total. The number of aliphatic hydroxyl groups is 1. The Kier molecular flexibility index (Phi) is 7.17. The van der Waals surface area contributed by atoms with Crippen LogP contribution in [0.2, 0.25) is 5.04 Å². The van der Waals surface area contributed by atoms with Crippen molar-refractivity contribution in [3.8, 4) is 0 Å². The predicted octanol–water partition coefficient (Wildman–Crippen LogP) is 5.37. The maximum absolute atomic E-state index is 11.0. The van der Waals surface area contributed by atoms with Crippen LogP contribution in [0, 0.1) is 0 Å². The SMILES string of the molecule is CC(C)(C)[Si](OC/C=C/[C@](C)(O)C1=CCCCC1)(c1ccccc1)c1ccccc1. The van der Waals surface area contributed by atoms with Crippen molar-refractivity contribution in [2.75, 3.05) is 6.61 Å². The summed E-state index contributed by atoms with van der Waals surface area (Å²) in [4.78, 5) is 0. The lowest BCUT2D eigenvalue weighted by Gasteiger charge is -2.42. The zero-order chi connectivity index (χ0) is 21.7. The second kappa shape index (κ2) is 9.46. The summed E-state index contributed by atoms with van der Waals surface area (Å²) >= 11 is 0. The summed E-state index contributed by atoms with van der Waals surface area (Å²) in [5.41, 5.74) is 0.241. The molecule has 1 N–H and O–H groups in total. The maximum atomic E-state index is 11.0. The highest BCUT2D eigenvalue weighted by molar-refractivity contribution is 6.99. The molecule has 1 atom stereocenters. The molecule has 1 aliphatic carbocycles. The number of benzene rings is 2. The topological polar surface area (TPSA) is 29.5 Å². The minimum absolute atomic E-state index is 0.0437. The van der Waals surface area contributed by atoms with Crippen molar-refractivity contribution in [2.24, 2.45) is 0 Å². The Bertz CT molecular complexity index is 821. The van der Waals surface area contributed by atoms with Crippen LogP contribution < -0.4 is 10.4 Å². The predicted molar refractivity (Wildman–Crippen MR) is 130 cm³/mol. The lowest BCUT2D eigenvalue weighted by Crippen LogP contribution is -2.66. The largest absolute Gasteiger partial charge is 0.404 e. The average molecular weight is 421 g/mol. The summed E-state index contributed by atoms with van der Waals surface area (Å²) in [6, 6.07) is 21.4. The van der Waals surface area contributed by atoms with Crippen molar-refractivity contribution >= 4 is 18.7 Å². The fourth-order valence-electron chi connectivity index (χ4n) is 4.62. The Hall–Kier alpha value is -1.94. The van der Waals surface area contributed by atoms with Gasteiger partial charge in [0.05, 0.1) is 6.61 Å². The van der Waals surface area contributed by atoms with Crippen LogP contribution in [-0.2, 0) is 4.43 Å². The van der Waals surface area contributed by atoms with Gasteiger partial charge in [0, 0.05) is 0 Å². The fourth-order valence-corrected chi connectivity index (χ4v) is 9.12. The molecule has 3 rings (SSSR count). The third-order valence-corrected chi connectivity index (χ3v) is 11.2. The van der Waals surface area contributed by atoms with Crippen LogP contribution in [0.4, 0.5) is 0 Å². The van der Waals surface area contributed by atoms with E-state index >= 15 is 0 Å². The number of hydrogen-bond acceptors (Lipinski definition) is 2. The third kappa shape index (κ3) is 4.85. The van der Waals surface area contributed by atoms with Crippen LogP contribution >= 0.6 is 0 Å². The molecule has 1 aliphatic rings. The van der Waals surface area contributed by atoms with E-state index in [0.717, 1.165) is 24.8 Å². The minimum Gasteiger partial charge on any atom is -0.404 e. The molecule has 0 radical (unpaired) electrons. The highest BCUT2D eigenvalue weighted by atomic mass is 28.4. The van der Waals surface area contributed by atoms with Gasteiger partial charge >= 0.3 is 0 Å². The Morgan fingerprint density at radius 3 is 1.93 bits per heavy atom. The molecule has 3 heteroatoms. The van der Waals surface area contributed by atoms with E-state index in [4.69, 9.17) is 4.43 Å².